The molecule has 30 heavy (non-hydrogen) atoms. The number of rotatable bonds is 11. The Hall–Kier alpha value is -2.12. The predicted molar refractivity (Wildman–Crippen MR) is 118 cm³/mol. The van der Waals surface area contributed by atoms with Crippen molar-refractivity contribution < 1.29 is 14.3 Å². The fourth-order valence-electron chi connectivity index (χ4n) is 3.80. The third-order valence-corrected chi connectivity index (χ3v) is 5.44. The minimum Gasteiger partial charge on any atom is -0.379 e. The first-order valence-corrected chi connectivity index (χ1v) is 11.3. The van der Waals surface area contributed by atoms with Crippen LogP contribution >= 0.6 is 0 Å². The highest BCUT2D eigenvalue weighted by atomic mass is 16.5. The van der Waals surface area contributed by atoms with E-state index in [1.165, 1.54) is 11.1 Å². The van der Waals surface area contributed by atoms with E-state index < -0.39 is 0 Å². The highest BCUT2D eigenvalue weighted by molar-refractivity contribution is 5.80. The van der Waals surface area contributed by atoms with Crippen molar-refractivity contribution in [2.45, 2.75) is 58.2 Å². The summed E-state index contributed by atoms with van der Waals surface area (Å²) >= 11 is 0. The Bertz CT molecular complexity index is 664. The normalized spacial score (nSPS) is 18.5. The summed E-state index contributed by atoms with van der Waals surface area (Å²) in [6.07, 6.45) is 4.76. The number of fused-ring (bicyclic) bond motifs is 1. The molecular weight excluding hydrogens is 380 g/mol. The number of ether oxygens (including phenoxy) is 2. The Morgan fingerprint density at radius 1 is 1.23 bits per heavy atom. The van der Waals surface area contributed by atoms with E-state index in [1.807, 2.05) is 17.0 Å². The molecule has 1 saturated heterocycles. The van der Waals surface area contributed by atoms with Gasteiger partial charge in [-0.15, -0.1) is 0 Å². The first-order chi connectivity index (χ1) is 14.8. The summed E-state index contributed by atoms with van der Waals surface area (Å²) in [5.74, 6) is 1.01. The van der Waals surface area contributed by atoms with Crippen molar-refractivity contribution in [3.8, 4) is 0 Å². The van der Waals surface area contributed by atoms with Crippen LogP contribution in [0.2, 0.25) is 0 Å². The van der Waals surface area contributed by atoms with Crippen molar-refractivity contribution in [2.24, 2.45) is 4.99 Å². The van der Waals surface area contributed by atoms with Crippen LogP contribution < -0.4 is 10.6 Å². The summed E-state index contributed by atoms with van der Waals surface area (Å²) in [6, 6.07) is 8.28. The van der Waals surface area contributed by atoms with Gasteiger partial charge in [0, 0.05) is 52.4 Å². The van der Waals surface area contributed by atoms with E-state index >= 15 is 0 Å². The molecule has 1 fully saturated rings. The number of nitrogens with zero attached hydrogens (tertiary/aromatic N) is 2. The summed E-state index contributed by atoms with van der Waals surface area (Å²) in [7, 11) is 0. The second-order valence-corrected chi connectivity index (χ2v) is 7.87. The van der Waals surface area contributed by atoms with Gasteiger partial charge in [0.15, 0.2) is 5.96 Å². The fourth-order valence-corrected chi connectivity index (χ4v) is 3.80. The number of hydrogen-bond acceptors (Lipinski definition) is 4. The van der Waals surface area contributed by atoms with Crippen LogP contribution in [0.25, 0.3) is 0 Å². The molecule has 0 bridgehead atoms. The van der Waals surface area contributed by atoms with Gasteiger partial charge in [-0.2, -0.15) is 0 Å². The fraction of sp³-hybridized carbons (Fsp3) is 0.652. The van der Waals surface area contributed by atoms with Gasteiger partial charge in [0.05, 0.1) is 12.7 Å². The van der Waals surface area contributed by atoms with Gasteiger partial charge in [-0.05, 0) is 43.7 Å². The van der Waals surface area contributed by atoms with E-state index in [-0.39, 0.29) is 12.0 Å². The van der Waals surface area contributed by atoms with Crippen LogP contribution in [-0.2, 0) is 27.4 Å². The Balaban J connectivity index is 1.27. The second kappa shape index (κ2) is 12.5. The summed E-state index contributed by atoms with van der Waals surface area (Å²) in [5, 5.41) is 6.59. The second-order valence-electron chi connectivity index (χ2n) is 7.87. The molecule has 166 valence electrons. The number of benzene rings is 1. The number of aliphatic imine (C=N–C) groups is 1. The number of carbonyl (C=O) groups is 1. The maximum atomic E-state index is 12.5. The number of amides is 1. The SMILES string of the molecule is CCNC(=NCCCC(=O)N1Cc2ccccc2C1)NCCCOCC1CCCO1. The van der Waals surface area contributed by atoms with Crippen LogP contribution in [0.3, 0.4) is 0 Å². The smallest absolute Gasteiger partial charge is 0.223 e. The van der Waals surface area contributed by atoms with Crippen molar-refractivity contribution in [1.82, 2.24) is 15.5 Å². The van der Waals surface area contributed by atoms with E-state index in [2.05, 4.69) is 34.7 Å². The molecule has 2 aliphatic rings. The average molecular weight is 417 g/mol. The summed E-state index contributed by atoms with van der Waals surface area (Å²) in [4.78, 5) is 19.0. The van der Waals surface area contributed by atoms with Crippen LogP contribution in [0.4, 0.5) is 0 Å². The Morgan fingerprint density at radius 3 is 2.73 bits per heavy atom. The van der Waals surface area contributed by atoms with Crippen LogP contribution in [0.15, 0.2) is 29.3 Å². The zero-order valence-electron chi connectivity index (χ0n) is 18.2. The van der Waals surface area contributed by atoms with Gasteiger partial charge >= 0.3 is 0 Å². The highest BCUT2D eigenvalue weighted by Crippen LogP contribution is 2.22. The lowest BCUT2D eigenvalue weighted by atomic mass is 10.1. The molecular formula is C23H36N4O3. The number of hydrogen-bond donors (Lipinski definition) is 2. The zero-order valence-corrected chi connectivity index (χ0v) is 18.2. The molecule has 0 aromatic heterocycles. The topological polar surface area (TPSA) is 75.2 Å². The third-order valence-electron chi connectivity index (χ3n) is 5.44. The molecule has 0 spiro atoms. The minimum absolute atomic E-state index is 0.211. The van der Waals surface area contributed by atoms with E-state index in [0.717, 1.165) is 71.0 Å². The molecule has 1 unspecified atom stereocenters. The maximum absolute atomic E-state index is 12.5. The summed E-state index contributed by atoms with van der Waals surface area (Å²) in [5.41, 5.74) is 2.53. The van der Waals surface area contributed by atoms with Crippen LogP contribution in [-0.4, -0.2) is 62.3 Å². The number of guanidine groups is 1. The van der Waals surface area contributed by atoms with Crippen molar-refractivity contribution in [1.29, 1.82) is 0 Å². The quantitative estimate of drug-likeness (QED) is 0.329. The predicted octanol–water partition coefficient (Wildman–Crippen LogP) is 2.45. The van der Waals surface area contributed by atoms with Gasteiger partial charge in [-0.3, -0.25) is 9.79 Å². The third kappa shape index (κ3) is 7.29. The lowest BCUT2D eigenvalue weighted by Crippen LogP contribution is -2.38. The first-order valence-electron chi connectivity index (χ1n) is 11.3. The monoisotopic (exact) mass is 416 g/mol. The van der Waals surface area contributed by atoms with Crippen molar-refractivity contribution in [3.63, 3.8) is 0 Å². The minimum atomic E-state index is 0.211. The first kappa shape index (κ1) is 22.6. The molecule has 1 amide bonds. The van der Waals surface area contributed by atoms with Gasteiger partial charge in [0.25, 0.3) is 0 Å². The molecule has 0 radical (unpaired) electrons. The lowest BCUT2D eigenvalue weighted by molar-refractivity contribution is -0.131. The van der Waals surface area contributed by atoms with Gasteiger partial charge in [-0.25, -0.2) is 0 Å². The zero-order chi connectivity index (χ0) is 21.0. The number of carbonyl (C=O) groups excluding carboxylic acids is 1. The molecule has 3 rings (SSSR count). The average Bonchev–Trinajstić information content (AvgIpc) is 3.43. The molecule has 1 atom stereocenters. The highest BCUT2D eigenvalue weighted by Gasteiger charge is 2.22. The molecule has 2 aliphatic heterocycles. The molecule has 0 aliphatic carbocycles. The largest absolute Gasteiger partial charge is 0.379 e. The Morgan fingerprint density at radius 2 is 2.03 bits per heavy atom. The van der Waals surface area contributed by atoms with Crippen molar-refractivity contribution >= 4 is 11.9 Å². The Kier molecular flexibility index (Phi) is 9.44. The Labute approximate surface area is 180 Å². The lowest BCUT2D eigenvalue weighted by Gasteiger charge is -2.15. The van der Waals surface area contributed by atoms with Crippen molar-refractivity contribution in [3.05, 3.63) is 35.4 Å². The standard InChI is InChI=1S/C23H36N4O3/c1-2-24-23(26-13-7-14-29-18-21-10-6-15-30-21)25-12-5-11-22(28)27-16-19-8-3-4-9-20(19)17-27/h3-4,8-9,21H,2,5-7,10-18H2,1H3,(H2,24,25,26). The van der Waals surface area contributed by atoms with Crippen LogP contribution in [0, 0.1) is 0 Å². The molecule has 2 heterocycles. The van der Waals surface area contributed by atoms with Gasteiger partial charge in [0.2, 0.25) is 5.91 Å². The van der Waals surface area contributed by atoms with E-state index in [1.54, 1.807) is 0 Å². The molecule has 7 heteroatoms. The van der Waals surface area contributed by atoms with Gasteiger partial charge in [0.1, 0.15) is 0 Å². The summed E-state index contributed by atoms with van der Waals surface area (Å²) < 4.78 is 11.2. The van der Waals surface area contributed by atoms with E-state index in [0.29, 0.717) is 19.6 Å². The maximum Gasteiger partial charge on any atom is 0.223 e. The molecule has 2 N–H and O–H groups in total. The van der Waals surface area contributed by atoms with Gasteiger partial charge < -0.3 is 25.0 Å². The van der Waals surface area contributed by atoms with Crippen molar-refractivity contribution in [2.75, 3.05) is 39.5 Å². The van der Waals surface area contributed by atoms with Gasteiger partial charge in [-0.1, -0.05) is 24.3 Å². The molecule has 1 aromatic rings. The number of nitrogens with one attached hydrogen (secondary N) is 2. The van der Waals surface area contributed by atoms with E-state index in [9.17, 15) is 4.79 Å². The van der Waals surface area contributed by atoms with Crippen LogP contribution in [0.5, 0.6) is 0 Å². The molecule has 0 saturated carbocycles. The van der Waals surface area contributed by atoms with Crippen LogP contribution in [0.1, 0.15) is 50.2 Å². The summed E-state index contributed by atoms with van der Waals surface area (Å²) in [6.45, 7) is 8.07. The van der Waals surface area contributed by atoms with E-state index in [4.69, 9.17) is 9.47 Å². The molecule has 1 aromatic carbocycles. The molecule has 7 nitrogen and oxygen atoms in total.